The highest BCUT2D eigenvalue weighted by molar-refractivity contribution is 5.19. The third-order valence-corrected chi connectivity index (χ3v) is 2.63. The zero-order valence-electron chi connectivity index (χ0n) is 10.3. The summed E-state index contributed by atoms with van der Waals surface area (Å²) < 4.78 is 13.3. The standard InChI is InChI=1S/C13H20FNO2/c1-13(2,9-16)8-15-7-12(17)10-5-3-4-6-11(10)14/h3-6,12,15-17H,7-9H2,1-2H3. The summed E-state index contributed by atoms with van der Waals surface area (Å²) in [5, 5.41) is 21.9. The molecule has 1 unspecified atom stereocenters. The molecule has 3 N–H and O–H groups in total. The highest BCUT2D eigenvalue weighted by Crippen LogP contribution is 2.16. The molecular weight excluding hydrogens is 221 g/mol. The van der Waals surface area contributed by atoms with Crippen LogP contribution in [0.15, 0.2) is 24.3 Å². The van der Waals surface area contributed by atoms with Gasteiger partial charge in [0.25, 0.3) is 0 Å². The second-order valence-corrected chi connectivity index (χ2v) is 4.99. The van der Waals surface area contributed by atoms with Crippen LogP contribution < -0.4 is 5.32 Å². The van der Waals surface area contributed by atoms with E-state index in [9.17, 15) is 9.50 Å². The third kappa shape index (κ3) is 4.42. The Bertz CT molecular complexity index is 355. The molecule has 17 heavy (non-hydrogen) atoms. The topological polar surface area (TPSA) is 52.5 Å². The first-order chi connectivity index (χ1) is 7.96. The number of benzene rings is 1. The monoisotopic (exact) mass is 241 g/mol. The van der Waals surface area contributed by atoms with Crippen LogP contribution in [0.5, 0.6) is 0 Å². The molecule has 0 saturated carbocycles. The number of hydrogen-bond donors (Lipinski definition) is 3. The number of rotatable bonds is 6. The van der Waals surface area contributed by atoms with Crippen LogP contribution in [0.4, 0.5) is 4.39 Å². The van der Waals surface area contributed by atoms with Crippen molar-refractivity contribution >= 4 is 0 Å². The lowest BCUT2D eigenvalue weighted by atomic mass is 9.95. The Labute approximate surface area is 101 Å². The summed E-state index contributed by atoms with van der Waals surface area (Å²) in [6.45, 7) is 4.72. The van der Waals surface area contributed by atoms with Crippen molar-refractivity contribution in [3.05, 3.63) is 35.6 Å². The minimum atomic E-state index is -0.870. The average molecular weight is 241 g/mol. The molecule has 1 rings (SSSR count). The third-order valence-electron chi connectivity index (χ3n) is 2.63. The largest absolute Gasteiger partial charge is 0.396 e. The molecule has 0 aliphatic carbocycles. The highest BCUT2D eigenvalue weighted by atomic mass is 19.1. The summed E-state index contributed by atoms with van der Waals surface area (Å²) >= 11 is 0. The Balaban J connectivity index is 2.46. The van der Waals surface area contributed by atoms with Crippen molar-refractivity contribution < 1.29 is 14.6 Å². The molecular formula is C13H20FNO2. The molecule has 0 aliphatic heterocycles. The Kier molecular flexibility index (Phi) is 5.05. The van der Waals surface area contributed by atoms with Crippen molar-refractivity contribution in [2.75, 3.05) is 19.7 Å². The van der Waals surface area contributed by atoms with E-state index in [1.165, 1.54) is 6.07 Å². The molecule has 0 bridgehead atoms. The van der Waals surface area contributed by atoms with Crippen molar-refractivity contribution in [1.82, 2.24) is 5.32 Å². The minimum absolute atomic E-state index is 0.0653. The molecule has 96 valence electrons. The van der Waals surface area contributed by atoms with Gasteiger partial charge in [0.15, 0.2) is 0 Å². The molecule has 3 nitrogen and oxygen atoms in total. The Morgan fingerprint density at radius 2 is 2.00 bits per heavy atom. The lowest BCUT2D eigenvalue weighted by molar-refractivity contribution is 0.137. The summed E-state index contributed by atoms with van der Waals surface area (Å²) in [5.74, 6) is -0.400. The van der Waals surface area contributed by atoms with Gasteiger partial charge in [0.1, 0.15) is 5.82 Å². The quantitative estimate of drug-likeness (QED) is 0.707. The maximum Gasteiger partial charge on any atom is 0.129 e. The van der Waals surface area contributed by atoms with E-state index in [1.54, 1.807) is 18.2 Å². The van der Waals surface area contributed by atoms with Gasteiger partial charge in [-0.1, -0.05) is 32.0 Å². The zero-order valence-corrected chi connectivity index (χ0v) is 10.3. The van der Waals surface area contributed by atoms with Gasteiger partial charge < -0.3 is 15.5 Å². The van der Waals surface area contributed by atoms with Crippen molar-refractivity contribution in [1.29, 1.82) is 0 Å². The molecule has 0 saturated heterocycles. The van der Waals surface area contributed by atoms with Gasteiger partial charge in [-0.3, -0.25) is 0 Å². The number of aliphatic hydroxyl groups is 2. The van der Waals surface area contributed by atoms with Crippen molar-refractivity contribution in [2.45, 2.75) is 20.0 Å². The van der Waals surface area contributed by atoms with Gasteiger partial charge in [-0.25, -0.2) is 4.39 Å². The normalized spacial score (nSPS) is 13.7. The van der Waals surface area contributed by atoms with Gasteiger partial charge in [-0.15, -0.1) is 0 Å². The number of hydrogen-bond acceptors (Lipinski definition) is 3. The number of aliphatic hydroxyl groups excluding tert-OH is 2. The van der Waals surface area contributed by atoms with Crippen molar-refractivity contribution in [2.24, 2.45) is 5.41 Å². The van der Waals surface area contributed by atoms with E-state index in [2.05, 4.69) is 5.32 Å². The van der Waals surface area contributed by atoms with Crippen LogP contribution >= 0.6 is 0 Å². The predicted molar refractivity (Wildman–Crippen MR) is 65.1 cm³/mol. The van der Waals surface area contributed by atoms with Gasteiger partial charge in [-0.2, -0.15) is 0 Å². The summed E-state index contributed by atoms with van der Waals surface area (Å²) in [6.07, 6.45) is -0.870. The second kappa shape index (κ2) is 6.10. The molecule has 1 aromatic carbocycles. The summed E-state index contributed by atoms with van der Waals surface area (Å²) in [6, 6.07) is 6.18. The molecule has 1 aromatic rings. The predicted octanol–water partition coefficient (Wildman–Crippen LogP) is 1.47. The van der Waals surface area contributed by atoms with E-state index in [4.69, 9.17) is 5.11 Å². The fraction of sp³-hybridized carbons (Fsp3) is 0.538. The molecule has 0 heterocycles. The van der Waals surface area contributed by atoms with E-state index < -0.39 is 11.9 Å². The average Bonchev–Trinajstić information content (AvgIpc) is 2.29. The maximum atomic E-state index is 13.3. The smallest absolute Gasteiger partial charge is 0.129 e. The summed E-state index contributed by atoms with van der Waals surface area (Å²) in [4.78, 5) is 0. The molecule has 0 spiro atoms. The number of nitrogens with one attached hydrogen (secondary N) is 1. The van der Waals surface area contributed by atoms with Crippen LogP contribution in [-0.4, -0.2) is 29.9 Å². The maximum absolute atomic E-state index is 13.3. The highest BCUT2D eigenvalue weighted by Gasteiger charge is 2.17. The summed E-state index contributed by atoms with van der Waals surface area (Å²) in [7, 11) is 0. The van der Waals surface area contributed by atoms with Gasteiger partial charge in [0.2, 0.25) is 0 Å². The van der Waals surface area contributed by atoms with E-state index in [0.717, 1.165) is 0 Å². The SMILES string of the molecule is CC(C)(CO)CNCC(O)c1ccccc1F. The van der Waals surface area contributed by atoms with Crippen LogP contribution in [-0.2, 0) is 0 Å². The lowest BCUT2D eigenvalue weighted by Crippen LogP contribution is -2.34. The van der Waals surface area contributed by atoms with Crippen molar-refractivity contribution in [3.63, 3.8) is 0 Å². The number of halogens is 1. The summed E-state index contributed by atoms with van der Waals surface area (Å²) in [5.41, 5.74) is 0.0522. The molecule has 0 aliphatic rings. The van der Waals surface area contributed by atoms with Crippen LogP contribution in [0.25, 0.3) is 0 Å². The molecule has 0 radical (unpaired) electrons. The van der Waals surface area contributed by atoms with E-state index in [0.29, 0.717) is 12.1 Å². The molecule has 0 aromatic heterocycles. The van der Waals surface area contributed by atoms with E-state index >= 15 is 0 Å². The fourth-order valence-corrected chi connectivity index (χ4v) is 1.46. The lowest BCUT2D eigenvalue weighted by Gasteiger charge is -2.23. The first kappa shape index (κ1) is 14.1. The second-order valence-electron chi connectivity index (χ2n) is 4.99. The van der Waals surface area contributed by atoms with Crippen LogP contribution in [0, 0.1) is 11.2 Å². The van der Waals surface area contributed by atoms with Crippen LogP contribution in [0.1, 0.15) is 25.5 Å². The van der Waals surface area contributed by atoms with E-state index in [1.807, 2.05) is 13.8 Å². The fourth-order valence-electron chi connectivity index (χ4n) is 1.46. The van der Waals surface area contributed by atoms with Gasteiger partial charge in [0, 0.05) is 30.7 Å². The molecule has 0 fully saturated rings. The molecule has 1 atom stereocenters. The molecule has 4 heteroatoms. The van der Waals surface area contributed by atoms with Gasteiger partial charge >= 0.3 is 0 Å². The first-order valence-corrected chi connectivity index (χ1v) is 5.70. The minimum Gasteiger partial charge on any atom is -0.396 e. The van der Waals surface area contributed by atoms with Crippen LogP contribution in [0.3, 0.4) is 0 Å². The van der Waals surface area contributed by atoms with E-state index in [-0.39, 0.29) is 18.6 Å². The molecule has 0 amide bonds. The Hall–Kier alpha value is -0.970. The first-order valence-electron chi connectivity index (χ1n) is 5.70. The Morgan fingerprint density at radius 3 is 2.59 bits per heavy atom. The van der Waals surface area contributed by atoms with Gasteiger partial charge in [-0.05, 0) is 6.07 Å². The zero-order chi connectivity index (χ0) is 12.9. The van der Waals surface area contributed by atoms with Crippen LogP contribution in [0.2, 0.25) is 0 Å². The Morgan fingerprint density at radius 1 is 1.35 bits per heavy atom. The van der Waals surface area contributed by atoms with Crippen molar-refractivity contribution in [3.8, 4) is 0 Å². The van der Waals surface area contributed by atoms with Gasteiger partial charge in [0.05, 0.1) is 6.10 Å².